The molecular weight excluding hydrogens is 240 g/mol. The van der Waals surface area contributed by atoms with E-state index in [1.807, 2.05) is 0 Å². The van der Waals surface area contributed by atoms with Gasteiger partial charge in [0.25, 0.3) is 0 Å². The topological polar surface area (TPSA) is 125 Å². The summed E-state index contributed by atoms with van der Waals surface area (Å²) in [5, 5.41) is 8.87. The molecule has 98 valence electrons. The van der Waals surface area contributed by atoms with Crippen molar-refractivity contribution in [3.05, 3.63) is 35.9 Å². The Morgan fingerprint density at radius 2 is 1.89 bits per heavy atom. The van der Waals surface area contributed by atoms with Crippen LogP contribution in [-0.2, 0) is 25.8 Å². The first-order valence-electron chi connectivity index (χ1n) is 5.06. The fourth-order valence-corrected chi connectivity index (χ4v) is 1.19. The number of carbonyl (C=O) groups is 2. The van der Waals surface area contributed by atoms with Crippen molar-refractivity contribution in [1.29, 1.82) is 0 Å². The van der Waals surface area contributed by atoms with Crippen LogP contribution in [0.25, 0.3) is 0 Å². The van der Waals surface area contributed by atoms with Crippen LogP contribution in [0.15, 0.2) is 30.3 Å². The normalized spacial score (nSPS) is 13.7. The van der Waals surface area contributed by atoms with Crippen LogP contribution in [0.2, 0.25) is 0 Å². The summed E-state index contributed by atoms with van der Waals surface area (Å²) < 4.78 is 4.83. The SMILES string of the molecule is NOC[C@@](N)(C(=O)O)C(=O)OCc1ccccc1. The monoisotopic (exact) mass is 254 g/mol. The molecule has 0 saturated carbocycles. The molecule has 0 spiro atoms. The molecule has 0 amide bonds. The standard InChI is InChI=1S/C11H14N2O5/c12-11(7-18-13,9(14)15)10(16)17-6-8-4-2-1-3-5-8/h1-5H,6-7,12-13H2,(H,14,15)/t11-/m1/s1. The van der Waals surface area contributed by atoms with Crippen LogP contribution in [-0.4, -0.2) is 29.2 Å². The van der Waals surface area contributed by atoms with Crippen molar-refractivity contribution in [3.63, 3.8) is 0 Å². The molecule has 0 saturated heterocycles. The maximum atomic E-state index is 11.6. The van der Waals surface area contributed by atoms with Crippen molar-refractivity contribution >= 4 is 11.9 Å². The molecule has 0 bridgehead atoms. The van der Waals surface area contributed by atoms with Gasteiger partial charge in [-0.25, -0.2) is 15.5 Å². The predicted molar refractivity (Wildman–Crippen MR) is 60.9 cm³/mol. The molecule has 1 aromatic carbocycles. The summed E-state index contributed by atoms with van der Waals surface area (Å²) in [5.74, 6) is 2.08. The van der Waals surface area contributed by atoms with Gasteiger partial charge in [-0.3, -0.25) is 0 Å². The van der Waals surface area contributed by atoms with E-state index < -0.39 is 24.1 Å². The maximum Gasteiger partial charge on any atom is 0.340 e. The zero-order valence-electron chi connectivity index (χ0n) is 9.54. The van der Waals surface area contributed by atoms with Crippen molar-refractivity contribution in [2.45, 2.75) is 12.1 Å². The number of carboxylic acids is 1. The van der Waals surface area contributed by atoms with Crippen LogP contribution in [0.3, 0.4) is 0 Å². The number of hydrogen-bond donors (Lipinski definition) is 3. The lowest BCUT2D eigenvalue weighted by Gasteiger charge is -2.21. The fourth-order valence-electron chi connectivity index (χ4n) is 1.19. The van der Waals surface area contributed by atoms with Gasteiger partial charge >= 0.3 is 11.9 Å². The highest BCUT2D eigenvalue weighted by Gasteiger charge is 2.44. The Hall–Kier alpha value is -1.96. The summed E-state index contributed by atoms with van der Waals surface area (Å²) >= 11 is 0. The van der Waals surface area contributed by atoms with E-state index in [0.717, 1.165) is 0 Å². The molecule has 5 N–H and O–H groups in total. The zero-order chi connectivity index (χ0) is 13.6. The molecule has 0 aliphatic carbocycles. The summed E-state index contributed by atoms with van der Waals surface area (Å²) in [6, 6.07) is 8.79. The Labute approximate surface area is 103 Å². The first-order chi connectivity index (χ1) is 8.50. The second kappa shape index (κ2) is 6.10. The lowest BCUT2D eigenvalue weighted by atomic mass is 10.0. The van der Waals surface area contributed by atoms with E-state index in [9.17, 15) is 9.59 Å². The zero-order valence-corrected chi connectivity index (χ0v) is 9.54. The number of esters is 1. The van der Waals surface area contributed by atoms with Gasteiger partial charge in [0.15, 0.2) is 0 Å². The predicted octanol–water partition coefficient (Wildman–Crippen LogP) is -0.598. The van der Waals surface area contributed by atoms with E-state index in [1.54, 1.807) is 30.3 Å². The molecule has 0 aromatic heterocycles. The van der Waals surface area contributed by atoms with Gasteiger partial charge in [0.05, 0.1) is 0 Å². The van der Waals surface area contributed by atoms with Gasteiger partial charge in [0.1, 0.15) is 13.2 Å². The highest BCUT2D eigenvalue weighted by Crippen LogP contribution is 2.08. The molecule has 0 unspecified atom stereocenters. The van der Waals surface area contributed by atoms with Gasteiger partial charge in [0.2, 0.25) is 5.54 Å². The number of rotatable bonds is 6. The lowest BCUT2D eigenvalue weighted by Crippen LogP contribution is -2.59. The van der Waals surface area contributed by atoms with Crippen LogP contribution in [0.4, 0.5) is 0 Å². The third-order valence-electron chi connectivity index (χ3n) is 2.27. The summed E-state index contributed by atoms with van der Waals surface area (Å²) in [6.45, 7) is -0.744. The molecule has 7 heteroatoms. The first kappa shape index (κ1) is 14.1. The third-order valence-corrected chi connectivity index (χ3v) is 2.27. The van der Waals surface area contributed by atoms with Crippen molar-refractivity contribution in [2.75, 3.05) is 6.61 Å². The number of ether oxygens (including phenoxy) is 1. The van der Waals surface area contributed by atoms with Crippen molar-refractivity contribution in [2.24, 2.45) is 11.6 Å². The van der Waals surface area contributed by atoms with Gasteiger partial charge in [-0.05, 0) is 5.56 Å². The summed E-state index contributed by atoms with van der Waals surface area (Å²) in [4.78, 5) is 26.6. The number of hydrogen-bond acceptors (Lipinski definition) is 6. The van der Waals surface area contributed by atoms with Crippen LogP contribution in [0.5, 0.6) is 0 Å². The van der Waals surface area contributed by atoms with Crippen LogP contribution >= 0.6 is 0 Å². The van der Waals surface area contributed by atoms with Crippen LogP contribution < -0.4 is 11.6 Å². The highest BCUT2D eigenvalue weighted by atomic mass is 16.6. The molecule has 1 atom stereocenters. The van der Waals surface area contributed by atoms with Gasteiger partial charge in [-0.1, -0.05) is 30.3 Å². The Kier molecular flexibility index (Phi) is 4.78. The molecule has 0 fully saturated rings. The number of nitrogens with two attached hydrogens (primary N) is 2. The second-order valence-corrected chi connectivity index (χ2v) is 3.65. The summed E-state index contributed by atoms with van der Waals surface area (Å²) in [7, 11) is 0. The molecule has 0 aliphatic heterocycles. The molecule has 0 aliphatic rings. The smallest absolute Gasteiger partial charge is 0.340 e. The van der Waals surface area contributed by atoms with E-state index in [1.165, 1.54) is 0 Å². The number of carboxylic acid groups (broad SMARTS) is 1. The Morgan fingerprint density at radius 3 is 2.39 bits per heavy atom. The van der Waals surface area contributed by atoms with Crippen molar-refractivity contribution in [1.82, 2.24) is 0 Å². The minimum Gasteiger partial charge on any atom is -0.479 e. The van der Waals surface area contributed by atoms with E-state index in [4.69, 9.17) is 21.5 Å². The minimum absolute atomic E-state index is 0.0729. The number of benzene rings is 1. The van der Waals surface area contributed by atoms with Gasteiger partial charge in [-0.15, -0.1) is 0 Å². The van der Waals surface area contributed by atoms with Crippen molar-refractivity contribution in [3.8, 4) is 0 Å². The summed E-state index contributed by atoms with van der Waals surface area (Å²) in [5.41, 5.74) is 3.79. The Balaban J connectivity index is 2.66. The quantitative estimate of drug-likeness (QED) is 0.351. The molecule has 0 radical (unpaired) electrons. The average molecular weight is 254 g/mol. The largest absolute Gasteiger partial charge is 0.479 e. The lowest BCUT2D eigenvalue weighted by molar-refractivity contribution is -0.165. The molecule has 18 heavy (non-hydrogen) atoms. The maximum absolute atomic E-state index is 11.6. The molecular formula is C11H14N2O5. The van der Waals surface area contributed by atoms with Gasteiger partial charge in [0, 0.05) is 0 Å². The highest BCUT2D eigenvalue weighted by molar-refractivity contribution is 6.04. The van der Waals surface area contributed by atoms with Crippen molar-refractivity contribution < 1.29 is 24.3 Å². The molecule has 1 aromatic rings. The summed E-state index contributed by atoms with van der Waals surface area (Å²) in [6.07, 6.45) is 0. The Morgan fingerprint density at radius 1 is 1.28 bits per heavy atom. The number of aliphatic carboxylic acids is 1. The molecule has 1 rings (SSSR count). The second-order valence-electron chi connectivity index (χ2n) is 3.65. The van der Waals surface area contributed by atoms with Crippen LogP contribution in [0.1, 0.15) is 5.56 Å². The van der Waals surface area contributed by atoms with Gasteiger partial charge in [-0.2, -0.15) is 0 Å². The number of carbonyl (C=O) groups excluding carboxylic acids is 1. The van der Waals surface area contributed by atoms with Gasteiger partial charge < -0.3 is 20.4 Å². The van der Waals surface area contributed by atoms with E-state index >= 15 is 0 Å². The first-order valence-corrected chi connectivity index (χ1v) is 5.06. The minimum atomic E-state index is -2.30. The van der Waals surface area contributed by atoms with Crippen LogP contribution in [0, 0.1) is 0 Å². The third kappa shape index (κ3) is 3.27. The average Bonchev–Trinajstić information content (AvgIpc) is 2.37. The van der Waals surface area contributed by atoms with E-state index in [0.29, 0.717) is 5.56 Å². The molecule has 7 nitrogen and oxygen atoms in total. The van der Waals surface area contributed by atoms with E-state index in [-0.39, 0.29) is 6.61 Å². The van der Waals surface area contributed by atoms with E-state index in [2.05, 4.69) is 4.84 Å². The molecule has 0 heterocycles. The Bertz CT molecular complexity index is 423. The fraction of sp³-hybridized carbons (Fsp3) is 0.273.